The van der Waals surface area contributed by atoms with Gasteiger partial charge in [0.15, 0.2) is 0 Å². The van der Waals surface area contributed by atoms with Crippen LogP contribution in [0.3, 0.4) is 0 Å². The van der Waals surface area contributed by atoms with Gasteiger partial charge in [-0.2, -0.15) is 0 Å². The third-order valence-corrected chi connectivity index (χ3v) is 4.22. The van der Waals surface area contributed by atoms with Gasteiger partial charge in [-0.15, -0.1) is 0 Å². The van der Waals surface area contributed by atoms with Crippen LogP contribution in [0.5, 0.6) is 0 Å². The van der Waals surface area contributed by atoms with Gasteiger partial charge in [-0.1, -0.05) is 18.5 Å². The Hall–Kier alpha value is -1.31. The molecule has 0 heterocycles. The van der Waals surface area contributed by atoms with Crippen LogP contribution in [0.2, 0.25) is 5.02 Å². The molecule has 0 aliphatic rings. The second-order valence-electron chi connectivity index (χ2n) is 4.01. The van der Waals surface area contributed by atoms with E-state index in [-0.39, 0.29) is 18.2 Å². The zero-order valence-corrected chi connectivity index (χ0v) is 12.9. The van der Waals surface area contributed by atoms with E-state index >= 15 is 0 Å². The summed E-state index contributed by atoms with van der Waals surface area (Å²) < 4.78 is 25.2. The van der Waals surface area contributed by atoms with Crippen molar-refractivity contribution >= 4 is 33.2 Å². The zero-order valence-electron chi connectivity index (χ0n) is 11.4. The molecule has 0 aromatic heterocycles. The number of hydrogen-bond acceptors (Lipinski definition) is 4. The number of sulfonamides is 1. The summed E-state index contributed by atoms with van der Waals surface area (Å²) in [7, 11) is -1.65. The first kappa shape index (κ1) is 16.7. The minimum atomic E-state index is -3.34. The summed E-state index contributed by atoms with van der Waals surface area (Å²) >= 11 is 5.85. The largest absolute Gasteiger partial charge is 0.387 e. The summed E-state index contributed by atoms with van der Waals surface area (Å²) in [6.45, 7) is 2.06. The van der Waals surface area contributed by atoms with E-state index in [1.807, 2.05) is 0 Å². The van der Waals surface area contributed by atoms with Gasteiger partial charge in [0.25, 0.3) is 5.91 Å². The molecule has 20 heavy (non-hydrogen) atoms. The van der Waals surface area contributed by atoms with Crippen LogP contribution in [-0.4, -0.2) is 40.2 Å². The molecule has 8 heteroatoms. The maximum Gasteiger partial charge on any atom is 0.253 e. The van der Waals surface area contributed by atoms with Crippen molar-refractivity contribution in [3.05, 3.63) is 28.8 Å². The molecule has 0 unspecified atom stereocenters. The maximum absolute atomic E-state index is 12.0. The fourth-order valence-corrected chi connectivity index (χ4v) is 2.74. The molecular weight excluding hydrogens is 302 g/mol. The van der Waals surface area contributed by atoms with Crippen LogP contribution in [0.1, 0.15) is 17.3 Å². The molecule has 0 saturated carbocycles. The average Bonchev–Trinajstić information content (AvgIpc) is 2.38. The second-order valence-corrected chi connectivity index (χ2v) is 6.38. The topological polar surface area (TPSA) is 87.3 Å². The Bertz CT molecular complexity index is 575. The number of carbonyl (C=O) groups excluding carboxylic acids is 1. The first-order valence-corrected chi connectivity index (χ1v) is 8.15. The van der Waals surface area contributed by atoms with Gasteiger partial charge in [0.05, 0.1) is 11.3 Å². The van der Waals surface area contributed by atoms with E-state index in [0.29, 0.717) is 22.8 Å². The van der Waals surface area contributed by atoms with Crippen LogP contribution in [0.15, 0.2) is 18.2 Å². The van der Waals surface area contributed by atoms with Crippen molar-refractivity contribution in [2.45, 2.75) is 6.92 Å². The van der Waals surface area contributed by atoms with Crippen molar-refractivity contribution in [3.8, 4) is 0 Å². The molecule has 0 atom stereocenters. The number of rotatable bonds is 7. The van der Waals surface area contributed by atoms with Crippen LogP contribution in [0.25, 0.3) is 0 Å². The fourth-order valence-electron chi connectivity index (χ4n) is 1.61. The lowest BCUT2D eigenvalue weighted by molar-refractivity contribution is 0.0957. The molecule has 0 saturated heterocycles. The molecule has 0 bridgehead atoms. The Kier molecular flexibility index (Phi) is 6.25. The summed E-state index contributed by atoms with van der Waals surface area (Å²) in [6, 6.07) is 4.88. The summed E-state index contributed by atoms with van der Waals surface area (Å²) in [5.74, 6) is -0.536. The monoisotopic (exact) mass is 319 g/mol. The van der Waals surface area contributed by atoms with Crippen molar-refractivity contribution < 1.29 is 13.2 Å². The van der Waals surface area contributed by atoms with Gasteiger partial charge in [0.1, 0.15) is 0 Å². The van der Waals surface area contributed by atoms with Crippen LogP contribution >= 0.6 is 11.6 Å². The molecule has 1 rings (SSSR count). The molecule has 0 aliphatic carbocycles. The van der Waals surface area contributed by atoms with Crippen molar-refractivity contribution in [1.29, 1.82) is 0 Å². The lowest BCUT2D eigenvalue weighted by atomic mass is 10.1. The predicted molar refractivity (Wildman–Crippen MR) is 80.8 cm³/mol. The van der Waals surface area contributed by atoms with Crippen molar-refractivity contribution in [3.63, 3.8) is 0 Å². The minimum absolute atomic E-state index is 0.0316. The molecule has 1 aromatic rings. The third-order valence-electron chi connectivity index (χ3n) is 2.52. The Labute approximate surface area is 123 Å². The van der Waals surface area contributed by atoms with E-state index in [0.717, 1.165) is 0 Å². The molecule has 1 aromatic carbocycles. The van der Waals surface area contributed by atoms with E-state index in [2.05, 4.69) is 15.4 Å². The number of nitrogens with one attached hydrogen (secondary N) is 3. The Morgan fingerprint density at radius 1 is 1.35 bits per heavy atom. The van der Waals surface area contributed by atoms with Gasteiger partial charge in [0.2, 0.25) is 10.0 Å². The number of carbonyl (C=O) groups is 1. The molecule has 3 N–H and O–H groups in total. The van der Waals surface area contributed by atoms with E-state index < -0.39 is 10.0 Å². The Balaban J connectivity index is 2.66. The fraction of sp³-hybridized carbons (Fsp3) is 0.417. The van der Waals surface area contributed by atoms with E-state index in [1.54, 1.807) is 26.1 Å². The predicted octanol–water partition coefficient (Wildman–Crippen LogP) is 1.05. The van der Waals surface area contributed by atoms with Gasteiger partial charge in [-0.3, -0.25) is 4.79 Å². The molecule has 6 nitrogen and oxygen atoms in total. The summed E-state index contributed by atoms with van der Waals surface area (Å²) in [6.07, 6.45) is 0. The zero-order chi connectivity index (χ0) is 15.2. The lowest BCUT2D eigenvalue weighted by Crippen LogP contribution is -2.34. The SMILES string of the molecule is CCNS(=O)(=O)CCNC(=O)c1cc(Cl)ccc1NC. The second kappa shape index (κ2) is 7.47. The first-order valence-electron chi connectivity index (χ1n) is 6.12. The number of benzene rings is 1. The average molecular weight is 320 g/mol. The van der Waals surface area contributed by atoms with E-state index in [1.165, 1.54) is 6.07 Å². The molecule has 0 fully saturated rings. The quantitative estimate of drug-likeness (QED) is 0.701. The maximum atomic E-state index is 12.0. The summed E-state index contributed by atoms with van der Waals surface area (Å²) in [5, 5.41) is 5.88. The smallest absolute Gasteiger partial charge is 0.253 e. The standard InChI is InChI=1S/C12H18ClN3O3S/c1-3-16-20(18,19)7-6-15-12(17)10-8-9(13)4-5-11(10)14-2/h4-5,8,14,16H,3,6-7H2,1-2H3,(H,15,17). The Morgan fingerprint density at radius 3 is 2.65 bits per heavy atom. The molecule has 0 spiro atoms. The first-order chi connectivity index (χ1) is 9.39. The van der Waals surface area contributed by atoms with Gasteiger partial charge in [-0.25, -0.2) is 13.1 Å². The Morgan fingerprint density at radius 2 is 2.05 bits per heavy atom. The van der Waals surface area contributed by atoms with Crippen LogP contribution in [0.4, 0.5) is 5.69 Å². The van der Waals surface area contributed by atoms with Crippen LogP contribution in [0, 0.1) is 0 Å². The number of amides is 1. The highest BCUT2D eigenvalue weighted by molar-refractivity contribution is 7.89. The highest BCUT2D eigenvalue weighted by Crippen LogP contribution is 2.20. The molecule has 112 valence electrons. The van der Waals surface area contributed by atoms with Crippen LogP contribution < -0.4 is 15.4 Å². The van der Waals surface area contributed by atoms with Gasteiger partial charge in [0, 0.05) is 30.8 Å². The third kappa shape index (κ3) is 4.99. The van der Waals surface area contributed by atoms with Crippen molar-refractivity contribution in [2.24, 2.45) is 0 Å². The summed E-state index contributed by atoms with van der Waals surface area (Å²) in [4.78, 5) is 12.0. The molecule has 0 radical (unpaired) electrons. The van der Waals surface area contributed by atoms with E-state index in [9.17, 15) is 13.2 Å². The minimum Gasteiger partial charge on any atom is -0.387 e. The van der Waals surface area contributed by atoms with Crippen molar-refractivity contribution in [1.82, 2.24) is 10.0 Å². The highest BCUT2D eigenvalue weighted by Gasteiger charge is 2.13. The van der Waals surface area contributed by atoms with Gasteiger partial charge in [-0.05, 0) is 18.2 Å². The highest BCUT2D eigenvalue weighted by atomic mass is 35.5. The number of halogens is 1. The molecule has 0 aliphatic heterocycles. The lowest BCUT2D eigenvalue weighted by Gasteiger charge is -2.10. The molecule has 1 amide bonds. The van der Waals surface area contributed by atoms with Gasteiger partial charge < -0.3 is 10.6 Å². The number of hydrogen-bond donors (Lipinski definition) is 3. The summed E-state index contributed by atoms with van der Waals surface area (Å²) in [5.41, 5.74) is 1.00. The van der Waals surface area contributed by atoms with E-state index in [4.69, 9.17) is 11.6 Å². The van der Waals surface area contributed by atoms with Crippen molar-refractivity contribution in [2.75, 3.05) is 31.2 Å². The van der Waals surface area contributed by atoms with Gasteiger partial charge >= 0.3 is 0 Å². The van der Waals surface area contributed by atoms with Crippen LogP contribution in [-0.2, 0) is 10.0 Å². The molecular formula is C12H18ClN3O3S. The normalized spacial score (nSPS) is 11.2. The number of anilines is 1.